The molecule has 0 aliphatic carbocycles. The van der Waals surface area contributed by atoms with E-state index in [1.807, 2.05) is 4.90 Å². The number of rotatable bonds is 4. The number of piperazine rings is 1. The van der Waals surface area contributed by atoms with Crippen LogP contribution in [0.25, 0.3) is 0 Å². The fourth-order valence-electron chi connectivity index (χ4n) is 4.16. The van der Waals surface area contributed by atoms with E-state index >= 15 is 0 Å². The zero-order chi connectivity index (χ0) is 18.8. The standard InChI is InChI=1S/C22H23FN2O2/c23-19-8-4-3-7-18(19)21(26)9-10-22(27)25-14-13-24-12-11-16-5-1-2-6-17(16)20(24)15-25/h1-8,20H,9-15H2. The lowest BCUT2D eigenvalue weighted by atomic mass is 9.91. The summed E-state index contributed by atoms with van der Waals surface area (Å²) >= 11 is 0. The van der Waals surface area contributed by atoms with E-state index in [0.717, 1.165) is 19.5 Å². The van der Waals surface area contributed by atoms with Crippen LogP contribution >= 0.6 is 0 Å². The highest BCUT2D eigenvalue weighted by Crippen LogP contribution is 2.32. The molecule has 2 aliphatic heterocycles. The number of halogens is 1. The van der Waals surface area contributed by atoms with Gasteiger partial charge in [0.05, 0.1) is 11.6 Å². The third-order valence-electron chi connectivity index (χ3n) is 5.67. The van der Waals surface area contributed by atoms with Gasteiger partial charge in [-0.3, -0.25) is 14.5 Å². The molecule has 27 heavy (non-hydrogen) atoms. The fourth-order valence-corrected chi connectivity index (χ4v) is 4.16. The van der Waals surface area contributed by atoms with Crippen LogP contribution in [0, 0.1) is 5.82 Å². The van der Waals surface area contributed by atoms with Crippen molar-refractivity contribution in [3.8, 4) is 0 Å². The van der Waals surface area contributed by atoms with Gasteiger partial charge in [0.1, 0.15) is 5.82 Å². The third-order valence-corrected chi connectivity index (χ3v) is 5.67. The summed E-state index contributed by atoms with van der Waals surface area (Å²) in [6.45, 7) is 3.22. The highest BCUT2D eigenvalue weighted by atomic mass is 19.1. The number of benzene rings is 2. The normalized spacial score (nSPS) is 19.3. The molecule has 0 saturated carbocycles. The Kier molecular flexibility index (Phi) is 5.03. The molecule has 1 amide bonds. The van der Waals surface area contributed by atoms with Gasteiger partial charge >= 0.3 is 0 Å². The van der Waals surface area contributed by atoms with Gasteiger partial charge in [-0.05, 0) is 29.7 Å². The molecule has 0 aromatic heterocycles. The summed E-state index contributed by atoms with van der Waals surface area (Å²) in [6, 6.07) is 14.6. The average molecular weight is 366 g/mol. The number of fused-ring (bicyclic) bond motifs is 3. The Morgan fingerprint density at radius 3 is 2.59 bits per heavy atom. The van der Waals surface area contributed by atoms with Crippen LogP contribution < -0.4 is 0 Å². The molecule has 2 aromatic carbocycles. The number of ketones is 1. The molecule has 2 heterocycles. The molecule has 1 saturated heterocycles. The van der Waals surface area contributed by atoms with Crippen LogP contribution in [-0.2, 0) is 11.2 Å². The summed E-state index contributed by atoms with van der Waals surface area (Å²) < 4.78 is 13.7. The Bertz CT molecular complexity index is 867. The number of carbonyl (C=O) groups is 2. The molecule has 0 N–H and O–H groups in total. The molecule has 0 spiro atoms. The van der Waals surface area contributed by atoms with Crippen molar-refractivity contribution in [3.05, 3.63) is 71.0 Å². The highest BCUT2D eigenvalue weighted by Gasteiger charge is 2.33. The monoisotopic (exact) mass is 366 g/mol. The first-order valence-electron chi connectivity index (χ1n) is 9.51. The third kappa shape index (κ3) is 3.65. The van der Waals surface area contributed by atoms with Crippen LogP contribution in [-0.4, -0.2) is 47.7 Å². The SMILES string of the molecule is O=C(CCC(=O)N1CCN2CCc3ccccc3C2C1)c1ccccc1F. The number of carbonyl (C=O) groups excluding carboxylic acids is 2. The van der Waals surface area contributed by atoms with Crippen LogP contribution in [0.5, 0.6) is 0 Å². The lowest BCUT2D eigenvalue weighted by Gasteiger charge is -2.45. The minimum atomic E-state index is -0.526. The van der Waals surface area contributed by atoms with Gasteiger partial charge < -0.3 is 4.90 Å². The lowest BCUT2D eigenvalue weighted by Crippen LogP contribution is -2.52. The number of nitrogens with zero attached hydrogens (tertiary/aromatic N) is 2. The average Bonchev–Trinajstić information content (AvgIpc) is 2.71. The van der Waals surface area contributed by atoms with E-state index in [4.69, 9.17) is 0 Å². The summed E-state index contributed by atoms with van der Waals surface area (Å²) in [5.41, 5.74) is 2.74. The van der Waals surface area contributed by atoms with Crippen molar-refractivity contribution in [1.82, 2.24) is 9.80 Å². The van der Waals surface area contributed by atoms with Crippen LogP contribution in [0.15, 0.2) is 48.5 Å². The quantitative estimate of drug-likeness (QED) is 0.780. The van der Waals surface area contributed by atoms with Gasteiger partial charge in [-0.1, -0.05) is 36.4 Å². The van der Waals surface area contributed by atoms with Gasteiger partial charge in [-0.2, -0.15) is 0 Å². The summed E-state index contributed by atoms with van der Waals surface area (Å²) in [5.74, 6) is -0.868. The van der Waals surface area contributed by atoms with Crippen LogP contribution in [0.3, 0.4) is 0 Å². The molecule has 2 aliphatic rings. The smallest absolute Gasteiger partial charge is 0.223 e. The molecule has 2 aromatic rings. The summed E-state index contributed by atoms with van der Waals surface area (Å²) in [7, 11) is 0. The molecule has 1 atom stereocenters. The predicted octanol–water partition coefficient (Wildman–Crippen LogP) is 3.23. The Balaban J connectivity index is 1.39. The Hall–Kier alpha value is -2.53. The van der Waals surface area contributed by atoms with Crippen molar-refractivity contribution in [2.45, 2.75) is 25.3 Å². The zero-order valence-electron chi connectivity index (χ0n) is 15.2. The van der Waals surface area contributed by atoms with Gasteiger partial charge in [0, 0.05) is 39.0 Å². The maximum atomic E-state index is 13.7. The Labute approximate surface area is 158 Å². The molecule has 5 heteroatoms. The predicted molar refractivity (Wildman–Crippen MR) is 101 cm³/mol. The number of hydrogen-bond acceptors (Lipinski definition) is 3. The van der Waals surface area contributed by atoms with E-state index < -0.39 is 5.82 Å². The maximum Gasteiger partial charge on any atom is 0.223 e. The molecule has 0 bridgehead atoms. The Morgan fingerprint density at radius 1 is 0.963 bits per heavy atom. The molecule has 1 unspecified atom stereocenters. The van der Waals surface area contributed by atoms with Crippen molar-refractivity contribution in [2.75, 3.05) is 26.2 Å². The van der Waals surface area contributed by atoms with Gasteiger partial charge in [-0.15, -0.1) is 0 Å². The van der Waals surface area contributed by atoms with E-state index in [1.54, 1.807) is 12.1 Å². The van der Waals surface area contributed by atoms with E-state index in [2.05, 4.69) is 29.2 Å². The van der Waals surface area contributed by atoms with E-state index in [0.29, 0.717) is 13.1 Å². The Morgan fingerprint density at radius 2 is 1.74 bits per heavy atom. The largest absolute Gasteiger partial charge is 0.339 e. The second-order valence-corrected chi connectivity index (χ2v) is 7.24. The first-order valence-corrected chi connectivity index (χ1v) is 9.51. The van der Waals surface area contributed by atoms with E-state index in [-0.39, 0.29) is 36.1 Å². The van der Waals surface area contributed by atoms with Crippen molar-refractivity contribution >= 4 is 11.7 Å². The van der Waals surface area contributed by atoms with Gasteiger partial charge in [0.2, 0.25) is 5.91 Å². The molecule has 1 fully saturated rings. The molecular formula is C22H23FN2O2. The second kappa shape index (κ2) is 7.61. The van der Waals surface area contributed by atoms with Crippen molar-refractivity contribution in [3.63, 3.8) is 0 Å². The van der Waals surface area contributed by atoms with E-state index in [1.165, 1.54) is 23.3 Å². The maximum absolute atomic E-state index is 13.7. The fraction of sp³-hybridized carbons (Fsp3) is 0.364. The molecule has 4 nitrogen and oxygen atoms in total. The van der Waals surface area contributed by atoms with Gasteiger partial charge in [0.25, 0.3) is 0 Å². The highest BCUT2D eigenvalue weighted by molar-refractivity contribution is 5.98. The molecule has 140 valence electrons. The molecular weight excluding hydrogens is 343 g/mol. The summed E-state index contributed by atoms with van der Waals surface area (Å²) in [6.07, 6.45) is 1.22. The van der Waals surface area contributed by atoms with Gasteiger partial charge in [-0.25, -0.2) is 4.39 Å². The van der Waals surface area contributed by atoms with Crippen molar-refractivity contribution in [1.29, 1.82) is 0 Å². The second-order valence-electron chi connectivity index (χ2n) is 7.24. The van der Waals surface area contributed by atoms with Crippen molar-refractivity contribution in [2.24, 2.45) is 0 Å². The molecule has 4 rings (SSSR count). The zero-order valence-corrected chi connectivity index (χ0v) is 15.2. The van der Waals surface area contributed by atoms with Crippen molar-refractivity contribution < 1.29 is 14.0 Å². The van der Waals surface area contributed by atoms with Gasteiger partial charge in [0.15, 0.2) is 5.78 Å². The van der Waals surface area contributed by atoms with Crippen LogP contribution in [0.1, 0.15) is 40.4 Å². The van der Waals surface area contributed by atoms with Crippen LogP contribution in [0.2, 0.25) is 0 Å². The lowest BCUT2D eigenvalue weighted by molar-refractivity contribution is -0.134. The summed E-state index contributed by atoms with van der Waals surface area (Å²) in [5, 5.41) is 0. The topological polar surface area (TPSA) is 40.6 Å². The number of amides is 1. The minimum absolute atomic E-state index is 0.0256. The van der Waals surface area contributed by atoms with E-state index in [9.17, 15) is 14.0 Å². The first-order chi connectivity index (χ1) is 13.1. The molecule has 0 radical (unpaired) electrons. The number of Topliss-reactive ketones (excluding diaryl/α,β-unsaturated/α-hetero) is 1. The van der Waals surface area contributed by atoms with Crippen LogP contribution in [0.4, 0.5) is 4.39 Å². The first kappa shape index (κ1) is 17.9. The summed E-state index contributed by atoms with van der Waals surface area (Å²) in [4.78, 5) is 29.2. The number of hydrogen-bond donors (Lipinski definition) is 0. The minimum Gasteiger partial charge on any atom is -0.339 e.